The highest BCUT2D eigenvalue weighted by Crippen LogP contribution is 2.28. The van der Waals surface area contributed by atoms with E-state index in [4.69, 9.17) is 10.6 Å². The Morgan fingerprint density at radius 1 is 1.20 bits per heavy atom. The molecule has 3 rings (SSSR count). The highest BCUT2D eigenvalue weighted by atomic mass is 16.5. The Bertz CT molecular complexity index is 767. The summed E-state index contributed by atoms with van der Waals surface area (Å²) in [6.45, 7) is 4.08. The predicted octanol–water partition coefficient (Wildman–Crippen LogP) is 2.05. The van der Waals surface area contributed by atoms with Gasteiger partial charge in [-0.15, -0.1) is 0 Å². The van der Waals surface area contributed by atoms with E-state index in [0.717, 1.165) is 5.56 Å². The number of nitrogens with one attached hydrogen (secondary N) is 2. The summed E-state index contributed by atoms with van der Waals surface area (Å²) in [5, 5.41) is 7.40. The summed E-state index contributed by atoms with van der Waals surface area (Å²) in [7, 11) is 0. The van der Waals surface area contributed by atoms with Crippen LogP contribution in [0.15, 0.2) is 24.4 Å². The minimum absolute atomic E-state index is 0.264. The molecule has 7 nitrogen and oxygen atoms in total. The van der Waals surface area contributed by atoms with Gasteiger partial charge in [0, 0.05) is 0 Å². The largest absolute Gasteiger partial charge is 0.438 e. The molecule has 0 aliphatic heterocycles. The first-order chi connectivity index (χ1) is 9.67. The van der Waals surface area contributed by atoms with Crippen LogP contribution < -0.4 is 16.0 Å². The molecule has 2 aromatic heterocycles. The van der Waals surface area contributed by atoms with Crippen LogP contribution in [-0.4, -0.2) is 20.2 Å². The Morgan fingerprint density at radius 2 is 2.05 bits per heavy atom. The summed E-state index contributed by atoms with van der Waals surface area (Å²) in [4.78, 5) is 8.35. The Hall–Kier alpha value is -2.67. The van der Waals surface area contributed by atoms with E-state index in [0.29, 0.717) is 22.7 Å². The number of nitrogens with two attached hydrogens (primary N) is 1. The molecule has 0 radical (unpaired) electrons. The number of aromatic nitrogens is 4. The van der Waals surface area contributed by atoms with Gasteiger partial charge < -0.3 is 4.74 Å². The van der Waals surface area contributed by atoms with Crippen LogP contribution in [0.25, 0.3) is 11.0 Å². The zero-order valence-corrected chi connectivity index (χ0v) is 11.1. The molecule has 20 heavy (non-hydrogen) atoms. The van der Waals surface area contributed by atoms with Gasteiger partial charge in [-0.2, -0.15) is 15.1 Å². The number of H-pyrrole nitrogens is 1. The predicted molar refractivity (Wildman–Crippen MR) is 75.5 cm³/mol. The lowest BCUT2D eigenvalue weighted by atomic mass is 10.1. The fourth-order valence-electron chi connectivity index (χ4n) is 1.84. The number of hydrazine groups is 1. The van der Waals surface area contributed by atoms with Crippen molar-refractivity contribution in [3.05, 3.63) is 35.5 Å². The van der Waals surface area contributed by atoms with Crippen molar-refractivity contribution in [2.24, 2.45) is 5.84 Å². The highest BCUT2D eigenvalue weighted by molar-refractivity contribution is 5.80. The molecule has 0 aliphatic rings. The molecule has 4 N–H and O–H groups in total. The van der Waals surface area contributed by atoms with Gasteiger partial charge in [0.05, 0.1) is 6.20 Å². The zero-order chi connectivity index (χ0) is 14.1. The second kappa shape index (κ2) is 4.78. The number of fused-ring (bicyclic) bond motifs is 1. The van der Waals surface area contributed by atoms with E-state index in [9.17, 15) is 0 Å². The molecule has 0 saturated heterocycles. The maximum absolute atomic E-state index is 5.82. The summed E-state index contributed by atoms with van der Waals surface area (Å²) in [6.07, 6.45) is 1.62. The molecule has 0 spiro atoms. The fourth-order valence-corrected chi connectivity index (χ4v) is 1.84. The van der Waals surface area contributed by atoms with Crippen molar-refractivity contribution in [1.82, 2.24) is 20.2 Å². The van der Waals surface area contributed by atoms with Crippen LogP contribution in [0.1, 0.15) is 11.1 Å². The van der Waals surface area contributed by atoms with Crippen LogP contribution in [0.3, 0.4) is 0 Å². The quantitative estimate of drug-likeness (QED) is 0.497. The van der Waals surface area contributed by atoms with Crippen molar-refractivity contribution in [3.63, 3.8) is 0 Å². The molecule has 0 aliphatic carbocycles. The third kappa shape index (κ3) is 2.14. The highest BCUT2D eigenvalue weighted by Gasteiger charge is 2.11. The number of nitrogen functional groups attached to an aromatic ring is 1. The second-order valence-corrected chi connectivity index (χ2v) is 4.48. The van der Waals surface area contributed by atoms with Gasteiger partial charge in [0.1, 0.15) is 11.1 Å². The number of anilines is 1. The molecule has 0 unspecified atom stereocenters. The Labute approximate surface area is 115 Å². The fraction of sp³-hybridized carbons (Fsp3) is 0.154. The second-order valence-electron chi connectivity index (χ2n) is 4.48. The van der Waals surface area contributed by atoms with E-state index in [2.05, 4.69) is 32.5 Å². The Morgan fingerprint density at radius 3 is 2.80 bits per heavy atom. The molecule has 0 bridgehead atoms. The lowest BCUT2D eigenvalue weighted by molar-refractivity contribution is 0.468. The van der Waals surface area contributed by atoms with Crippen LogP contribution in [0.2, 0.25) is 0 Å². The van der Waals surface area contributed by atoms with E-state index in [1.54, 1.807) is 6.20 Å². The monoisotopic (exact) mass is 270 g/mol. The molecule has 102 valence electrons. The summed E-state index contributed by atoms with van der Waals surface area (Å²) in [5.41, 5.74) is 5.32. The van der Waals surface area contributed by atoms with Gasteiger partial charge >= 0.3 is 0 Å². The molecule has 1 aromatic carbocycles. The van der Waals surface area contributed by atoms with Gasteiger partial charge in [0.15, 0.2) is 5.65 Å². The standard InChI is InChI=1S/C13H14N6O/c1-7-3-4-9(5-8(7)2)20-12-10-6-15-19-11(10)16-13(17-12)18-14/h3-6H,14H2,1-2H3,(H2,15,16,17,18,19). The number of ether oxygens (including phenoxy) is 1. The SMILES string of the molecule is Cc1ccc(Oc2nc(NN)nc3[nH]ncc23)cc1C. The first-order valence-electron chi connectivity index (χ1n) is 6.10. The number of nitrogens with zero attached hydrogens (tertiary/aromatic N) is 3. The van der Waals surface area contributed by atoms with Crippen molar-refractivity contribution >= 4 is 17.0 Å². The molecule has 0 amide bonds. The van der Waals surface area contributed by atoms with E-state index < -0.39 is 0 Å². The maximum Gasteiger partial charge on any atom is 0.242 e. The minimum Gasteiger partial charge on any atom is -0.438 e. The third-order valence-corrected chi connectivity index (χ3v) is 3.10. The maximum atomic E-state index is 5.82. The zero-order valence-electron chi connectivity index (χ0n) is 11.1. The van der Waals surface area contributed by atoms with Crippen LogP contribution in [0.4, 0.5) is 5.95 Å². The molecule has 0 fully saturated rings. The number of aryl methyl sites for hydroxylation is 2. The van der Waals surface area contributed by atoms with Crippen LogP contribution in [-0.2, 0) is 0 Å². The van der Waals surface area contributed by atoms with Gasteiger partial charge in [-0.25, -0.2) is 5.84 Å². The van der Waals surface area contributed by atoms with Gasteiger partial charge in [-0.05, 0) is 37.1 Å². The number of hydrogen-bond donors (Lipinski definition) is 3. The Kier molecular flexibility index (Phi) is 2.96. The summed E-state index contributed by atoms with van der Waals surface area (Å²) in [6, 6.07) is 5.85. The van der Waals surface area contributed by atoms with Crippen molar-refractivity contribution < 1.29 is 4.74 Å². The van der Waals surface area contributed by atoms with Gasteiger partial charge in [-0.3, -0.25) is 10.5 Å². The lowest BCUT2D eigenvalue weighted by Crippen LogP contribution is -2.10. The van der Waals surface area contributed by atoms with E-state index in [1.807, 2.05) is 25.1 Å². The first kappa shape index (κ1) is 12.4. The van der Waals surface area contributed by atoms with E-state index >= 15 is 0 Å². The smallest absolute Gasteiger partial charge is 0.242 e. The molecular formula is C13H14N6O. The summed E-state index contributed by atoms with van der Waals surface area (Å²) < 4.78 is 5.82. The molecule has 0 saturated carbocycles. The van der Waals surface area contributed by atoms with Crippen molar-refractivity contribution in [1.29, 1.82) is 0 Å². The van der Waals surface area contributed by atoms with Crippen molar-refractivity contribution in [3.8, 4) is 11.6 Å². The Balaban J connectivity index is 2.04. The number of hydrogen-bond acceptors (Lipinski definition) is 6. The van der Waals surface area contributed by atoms with Crippen LogP contribution in [0, 0.1) is 13.8 Å². The van der Waals surface area contributed by atoms with Crippen LogP contribution >= 0.6 is 0 Å². The van der Waals surface area contributed by atoms with Gasteiger partial charge in [-0.1, -0.05) is 6.07 Å². The van der Waals surface area contributed by atoms with E-state index in [1.165, 1.54) is 5.56 Å². The lowest BCUT2D eigenvalue weighted by Gasteiger charge is -2.08. The minimum atomic E-state index is 0.264. The van der Waals surface area contributed by atoms with E-state index in [-0.39, 0.29) is 5.95 Å². The van der Waals surface area contributed by atoms with Crippen molar-refractivity contribution in [2.75, 3.05) is 5.43 Å². The molecule has 7 heteroatoms. The number of benzene rings is 1. The normalized spacial score (nSPS) is 10.8. The third-order valence-electron chi connectivity index (χ3n) is 3.10. The average Bonchev–Trinajstić information content (AvgIpc) is 2.91. The molecule has 2 heterocycles. The summed E-state index contributed by atoms with van der Waals surface area (Å²) >= 11 is 0. The number of rotatable bonds is 3. The molecule has 0 atom stereocenters. The summed E-state index contributed by atoms with van der Waals surface area (Å²) in [5.74, 6) is 6.72. The average molecular weight is 270 g/mol. The van der Waals surface area contributed by atoms with Crippen LogP contribution in [0.5, 0.6) is 11.6 Å². The topological polar surface area (TPSA) is 102 Å². The van der Waals surface area contributed by atoms with Crippen molar-refractivity contribution in [2.45, 2.75) is 13.8 Å². The molecular weight excluding hydrogens is 256 g/mol. The number of aromatic amines is 1. The van der Waals surface area contributed by atoms with Gasteiger partial charge in [0.25, 0.3) is 0 Å². The first-order valence-corrected chi connectivity index (χ1v) is 6.10. The molecule has 3 aromatic rings. The van der Waals surface area contributed by atoms with Gasteiger partial charge in [0.2, 0.25) is 11.8 Å².